The first-order valence-electron chi connectivity index (χ1n) is 15.4. The third-order valence-corrected chi connectivity index (χ3v) is 8.85. The number of aromatic amines is 1. The molecule has 0 aliphatic rings. The average Bonchev–Trinajstić information content (AvgIpc) is 3.73. The van der Waals surface area contributed by atoms with Gasteiger partial charge in [0, 0.05) is 47.9 Å². The molecule has 0 fully saturated rings. The van der Waals surface area contributed by atoms with Crippen LogP contribution in [0.5, 0.6) is 0 Å². The number of aliphatic imine (C=N–C) groups is 1. The minimum Gasteiger partial charge on any atom is -0.372 e. The van der Waals surface area contributed by atoms with Crippen LogP contribution in [0.15, 0.2) is 70.0 Å². The van der Waals surface area contributed by atoms with Crippen LogP contribution in [0.1, 0.15) is 37.3 Å². The van der Waals surface area contributed by atoms with Crippen molar-refractivity contribution < 1.29 is 9.13 Å². The first-order valence-corrected chi connectivity index (χ1v) is 16.6. The molecule has 0 saturated carbocycles. The van der Waals surface area contributed by atoms with Crippen molar-refractivity contribution in [1.29, 1.82) is 0 Å². The largest absolute Gasteiger partial charge is 0.372 e. The quantitative estimate of drug-likeness (QED) is 0.0701. The van der Waals surface area contributed by atoms with E-state index in [2.05, 4.69) is 37.5 Å². The zero-order valence-corrected chi connectivity index (χ0v) is 27.9. The second-order valence-corrected chi connectivity index (χ2v) is 12.6. The van der Waals surface area contributed by atoms with Gasteiger partial charge in [-0.15, -0.1) is 11.3 Å². The van der Waals surface area contributed by atoms with Crippen LogP contribution in [0.3, 0.4) is 0 Å². The summed E-state index contributed by atoms with van der Waals surface area (Å²) in [5, 5.41) is 9.94. The molecule has 7 N–H and O–H groups in total. The standard InChI is InChI=1S/C33H39ClFN9O2S/c1-20(38-2)4-3-5-22-14-26(29(35)27(34)15-22)28-16-23-18-44(33(45)43-30(23)42-28)24-8-6-21(7-9-24)19-46-25(10-11-39-31(36)37)17-41-32-40-12-13-47-32/h6-9,12-16,18,20,25,38H,3-5,10-11,17,19H2,1-2H3,(H,40,41)(H4,36,37,39)(H,42,43,45). The molecule has 0 aliphatic carbocycles. The lowest BCUT2D eigenvalue weighted by Gasteiger charge is -2.18. The molecule has 5 aromatic rings. The third-order valence-electron chi connectivity index (χ3n) is 7.84. The smallest absolute Gasteiger partial charge is 0.354 e. The maximum absolute atomic E-state index is 15.2. The van der Waals surface area contributed by atoms with Crippen molar-refractivity contribution in [2.24, 2.45) is 16.5 Å². The fourth-order valence-corrected chi connectivity index (χ4v) is 5.91. The van der Waals surface area contributed by atoms with E-state index < -0.39 is 11.5 Å². The van der Waals surface area contributed by atoms with E-state index >= 15 is 4.39 Å². The van der Waals surface area contributed by atoms with Gasteiger partial charge in [-0.1, -0.05) is 23.7 Å². The van der Waals surface area contributed by atoms with E-state index in [0.29, 0.717) is 60.1 Å². The number of ether oxygens (including phenoxy) is 1. The number of aromatic nitrogens is 4. The van der Waals surface area contributed by atoms with Crippen molar-refractivity contribution in [3.63, 3.8) is 0 Å². The van der Waals surface area contributed by atoms with E-state index in [1.54, 1.807) is 24.5 Å². The second kappa shape index (κ2) is 16.0. The number of nitrogens with two attached hydrogens (primary N) is 2. The maximum Gasteiger partial charge on any atom is 0.354 e. The summed E-state index contributed by atoms with van der Waals surface area (Å²) in [5.41, 5.74) is 14.2. The Morgan fingerprint density at radius 3 is 2.72 bits per heavy atom. The number of nitrogens with zero attached hydrogens (tertiary/aromatic N) is 4. The van der Waals surface area contributed by atoms with Gasteiger partial charge in [-0.25, -0.2) is 14.2 Å². The average molecular weight is 680 g/mol. The summed E-state index contributed by atoms with van der Waals surface area (Å²) in [4.78, 5) is 28.7. The molecule has 248 valence electrons. The van der Waals surface area contributed by atoms with E-state index in [1.165, 1.54) is 15.9 Å². The Labute approximate surface area is 281 Å². The summed E-state index contributed by atoms with van der Waals surface area (Å²) < 4.78 is 22.8. The van der Waals surface area contributed by atoms with E-state index in [9.17, 15) is 4.79 Å². The molecular formula is C33H39ClFN9O2S. The van der Waals surface area contributed by atoms with E-state index in [4.69, 9.17) is 27.8 Å². The van der Waals surface area contributed by atoms with Crippen molar-refractivity contribution >= 4 is 45.1 Å². The monoisotopic (exact) mass is 679 g/mol. The van der Waals surface area contributed by atoms with Gasteiger partial charge >= 0.3 is 5.69 Å². The first kappa shape index (κ1) is 34.0. The summed E-state index contributed by atoms with van der Waals surface area (Å²) in [6, 6.07) is 13.1. The minimum atomic E-state index is -0.518. The molecule has 0 radical (unpaired) electrons. The zero-order valence-electron chi connectivity index (χ0n) is 26.3. The van der Waals surface area contributed by atoms with Crippen LogP contribution in [0.25, 0.3) is 28.0 Å². The second-order valence-electron chi connectivity index (χ2n) is 11.3. The SMILES string of the molecule is CNC(C)CCCc1cc(Cl)c(F)c(-c2cc3cn(-c4ccc(COC(CCN=C(N)N)CNc5nccs5)cc4)c(=O)nc3[nH]2)c1. The molecule has 11 nitrogen and oxygen atoms in total. The molecule has 14 heteroatoms. The van der Waals surface area contributed by atoms with Crippen LogP contribution in [0.4, 0.5) is 9.52 Å². The van der Waals surface area contributed by atoms with Crippen molar-refractivity contribution in [1.82, 2.24) is 24.8 Å². The van der Waals surface area contributed by atoms with Crippen molar-refractivity contribution in [2.45, 2.75) is 51.4 Å². The Morgan fingerprint density at radius 2 is 2.00 bits per heavy atom. The Kier molecular flexibility index (Phi) is 11.6. The van der Waals surface area contributed by atoms with Crippen molar-refractivity contribution in [3.05, 3.63) is 92.7 Å². The number of halogens is 2. The maximum atomic E-state index is 15.2. The molecule has 0 bridgehead atoms. The van der Waals surface area contributed by atoms with E-state index in [1.807, 2.05) is 42.8 Å². The number of hydrogen-bond donors (Lipinski definition) is 5. The number of guanidine groups is 1. The van der Waals surface area contributed by atoms with Crippen molar-refractivity contribution in [2.75, 3.05) is 25.5 Å². The lowest BCUT2D eigenvalue weighted by Crippen LogP contribution is -2.26. The van der Waals surface area contributed by atoms with Crippen LogP contribution in [0, 0.1) is 5.82 Å². The number of benzene rings is 2. The predicted octanol–water partition coefficient (Wildman–Crippen LogP) is 5.22. The van der Waals surface area contributed by atoms with Gasteiger partial charge in [0.05, 0.1) is 29.1 Å². The summed E-state index contributed by atoms with van der Waals surface area (Å²) >= 11 is 7.80. The highest BCUT2D eigenvalue weighted by atomic mass is 35.5. The number of fused-ring (bicyclic) bond motifs is 1. The number of anilines is 1. The Bertz CT molecular complexity index is 1850. The van der Waals surface area contributed by atoms with Gasteiger partial charge in [0.15, 0.2) is 16.9 Å². The summed E-state index contributed by atoms with van der Waals surface area (Å²) in [6.07, 6.45) is 6.58. The summed E-state index contributed by atoms with van der Waals surface area (Å²) in [7, 11) is 1.94. The number of thiazole rings is 1. The highest BCUT2D eigenvalue weighted by molar-refractivity contribution is 7.13. The van der Waals surface area contributed by atoms with Gasteiger partial charge in [0.1, 0.15) is 5.65 Å². The van der Waals surface area contributed by atoms with Gasteiger partial charge in [0.2, 0.25) is 0 Å². The lowest BCUT2D eigenvalue weighted by molar-refractivity contribution is 0.0453. The number of aryl methyl sites for hydroxylation is 1. The first-order chi connectivity index (χ1) is 22.7. The van der Waals surface area contributed by atoms with E-state index in [0.717, 1.165) is 35.5 Å². The molecule has 3 aromatic heterocycles. The molecule has 0 spiro atoms. The molecule has 5 rings (SSSR count). The fraction of sp³-hybridized carbons (Fsp3) is 0.333. The number of H-pyrrole nitrogens is 1. The zero-order chi connectivity index (χ0) is 33.3. The molecule has 47 heavy (non-hydrogen) atoms. The molecular weight excluding hydrogens is 641 g/mol. The van der Waals surface area contributed by atoms with Crippen LogP contribution in [0.2, 0.25) is 5.02 Å². The Morgan fingerprint density at radius 1 is 1.19 bits per heavy atom. The van der Waals surface area contributed by atoms with E-state index in [-0.39, 0.29) is 17.1 Å². The van der Waals surface area contributed by atoms with Crippen molar-refractivity contribution in [3.8, 4) is 16.9 Å². The molecule has 2 aromatic carbocycles. The third kappa shape index (κ3) is 9.16. The van der Waals surface area contributed by atoms with Gasteiger partial charge in [-0.05, 0) is 81.1 Å². The molecule has 0 aliphatic heterocycles. The topological polar surface area (TPSA) is 161 Å². The van der Waals surface area contributed by atoms with Gasteiger partial charge < -0.3 is 31.8 Å². The molecule has 0 saturated heterocycles. The Hall–Kier alpha value is -4.30. The van der Waals surface area contributed by atoms with Gasteiger partial charge in [-0.2, -0.15) is 4.98 Å². The van der Waals surface area contributed by atoms with Gasteiger partial charge in [0.25, 0.3) is 0 Å². The number of nitrogens with one attached hydrogen (secondary N) is 3. The Balaban J connectivity index is 1.29. The molecule has 0 amide bonds. The predicted molar refractivity (Wildman–Crippen MR) is 188 cm³/mol. The number of hydrogen-bond acceptors (Lipinski definition) is 8. The highest BCUT2D eigenvalue weighted by Crippen LogP contribution is 2.31. The fourth-order valence-electron chi connectivity index (χ4n) is 5.13. The lowest BCUT2D eigenvalue weighted by atomic mass is 10.0. The molecule has 3 heterocycles. The van der Waals surface area contributed by atoms with Gasteiger partial charge in [-0.3, -0.25) is 9.56 Å². The molecule has 2 unspecified atom stereocenters. The summed E-state index contributed by atoms with van der Waals surface area (Å²) in [5.74, 6) is -0.478. The summed E-state index contributed by atoms with van der Waals surface area (Å²) in [6.45, 7) is 3.45. The number of rotatable bonds is 16. The normalized spacial score (nSPS) is 12.7. The van der Waals surface area contributed by atoms with Crippen LogP contribution < -0.4 is 27.8 Å². The van der Waals surface area contributed by atoms with Crippen LogP contribution >= 0.6 is 22.9 Å². The minimum absolute atomic E-state index is 0.0396. The highest BCUT2D eigenvalue weighted by Gasteiger charge is 2.16. The van der Waals surface area contributed by atoms with Crippen LogP contribution in [-0.2, 0) is 17.8 Å². The molecule has 2 atom stereocenters. The van der Waals surface area contributed by atoms with Crippen LogP contribution in [-0.4, -0.2) is 57.8 Å².